The molecule has 2 fully saturated rings. The first-order valence-electron chi connectivity index (χ1n) is 8.63. The molecule has 2 heteroatoms. The molecule has 1 radical (unpaired) electrons. The van der Waals surface area contributed by atoms with Crippen LogP contribution < -0.4 is 4.90 Å². The largest absolute Gasteiger partial charge is 0.371 e. The maximum absolute atomic E-state index is 3.30. The highest BCUT2D eigenvalue weighted by atomic mass is 15.1. The molecule has 21 heavy (non-hydrogen) atoms. The summed E-state index contributed by atoms with van der Waals surface area (Å²) in [4.78, 5) is 4.95. The SMILES string of the molecule is CN(C)CCC1CCN(c2cc[c]cc2C2CCC2)CC1. The summed E-state index contributed by atoms with van der Waals surface area (Å²) < 4.78 is 0. The summed E-state index contributed by atoms with van der Waals surface area (Å²) >= 11 is 0. The number of piperidine rings is 1. The van der Waals surface area contributed by atoms with Crippen molar-refractivity contribution in [3.63, 3.8) is 0 Å². The topological polar surface area (TPSA) is 6.48 Å². The van der Waals surface area contributed by atoms with Crippen molar-refractivity contribution in [1.82, 2.24) is 4.90 Å². The van der Waals surface area contributed by atoms with Crippen LogP contribution in [0.15, 0.2) is 18.2 Å². The summed E-state index contributed by atoms with van der Waals surface area (Å²) in [5.74, 6) is 1.73. The van der Waals surface area contributed by atoms with Crippen molar-refractivity contribution in [2.45, 2.75) is 44.4 Å². The van der Waals surface area contributed by atoms with Crippen molar-refractivity contribution in [2.24, 2.45) is 5.92 Å². The first kappa shape index (κ1) is 14.9. The minimum atomic E-state index is 0.809. The van der Waals surface area contributed by atoms with Gasteiger partial charge in [0.15, 0.2) is 0 Å². The number of benzene rings is 1. The van der Waals surface area contributed by atoms with Gasteiger partial charge in [-0.05, 0) is 88.3 Å². The van der Waals surface area contributed by atoms with E-state index < -0.39 is 0 Å². The molecule has 1 aromatic carbocycles. The van der Waals surface area contributed by atoms with E-state index >= 15 is 0 Å². The monoisotopic (exact) mass is 285 g/mol. The van der Waals surface area contributed by atoms with Crippen molar-refractivity contribution >= 4 is 5.69 Å². The van der Waals surface area contributed by atoms with E-state index in [0.29, 0.717) is 0 Å². The number of nitrogens with zero attached hydrogens (tertiary/aromatic N) is 2. The fraction of sp³-hybridized carbons (Fsp3) is 0.684. The van der Waals surface area contributed by atoms with Crippen LogP contribution >= 0.6 is 0 Å². The second kappa shape index (κ2) is 6.83. The molecule has 0 N–H and O–H groups in total. The summed E-state index contributed by atoms with van der Waals surface area (Å²) in [5, 5.41) is 0. The Hall–Kier alpha value is -1.02. The summed E-state index contributed by atoms with van der Waals surface area (Å²) in [5.41, 5.74) is 3.07. The van der Waals surface area contributed by atoms with Gasteiger partial charge >= 0.3 is 0 Å². The highest BCUT2D eigenvalue weighted by Crippen LogP contribution is 2.41. The third-order valence-electron chi connectivity index (χ3n) is 5.36. The Morgan fingerprint density at radius 2 is 1.95 bits per heavy atom. The van der Waals surface area contributed by atoms with E-state index in [1.807, 2.05) is 0 Å². The average molecular weight is 285 g/mol. The van der Waals surface area contributed by atoms with Gasteiger partial charge in [-0.25, -0.2) is 0 Å². The average Bonchev–Trinajstić information content (AvgIpc) is 2.45. The Kier molecular flexibility index (Phi) is 4.84. The van der Waals surface area contributed by atoms with Gasteiger partial charge in [-0.1, -0.05) is 12.5 Å². The minimum absolute atomic E-state index is 0.809. The Labute approximate surface area is 130 Å². The fourth-order valence-electron chi connectivity index (χ4n) is 3.67. The van der Waals surface area contributed by atoms with Crippen LogP contribution in [-0.2, 0) is 0 Å². The van der Waals surface area contributed by atoms with Gasteiger partial charge in [-0.15, -0.1) is 0 Å². The van der Waals surface area contributed by atoms with E-state index in [1.165, 1.54) is 63.8 Å². The first-order chi connectivity index (χ1) is 10.2. The fourth-order valence-corrected chi connectivity index (χ4v) is 3.67. The molecule has 1 aromatic rings. The zero-order chi connectivity index (χ0) is 14.7. The molecule has 2 aliphatic rings. The van der Waals surface area contributed by atoms with E-state index in [-0.39, 0.29) is 0 Å². The molecule has 1 saturated carbocycles. The number of hydrogen-bond acceptors (Lipinski definition) is 2. The summed E-state index contributed by atoms with van der Waals surface area (Å²) in [7, 11) is 4.36. The van der Waals surface area contributed by atoms with E-state index in [0.717, 1.165) is 11.8 Å². The minimum Gasteiger partial charge on any atom is -0.371 e. The van der Waals surface area contributed by atoms with Crippen LogP contribution in [0.5, 0.6) is 0 Å². The van der Waals surface area contributed by atoms with Crippen LogP contribution in [0.2, 0.25) is 0 Å². The normalized spacial score (nSPS) is 20.8. The second-order valence-electron chi connectivity index (χ2n) is 7.14. The zero-order valence-electron chi connectivity index (χ0n) is 13.6. The van der Waals surface area contributed by atoms with Crippen LogP contribution in [0.3, 0.4) is 0 Å². The Morgan fingerprint density at radius 1 is 1.19 bits per heavy atom. The highest BCUT2D eigenvalue weighted by molar-refractivity contribution is 5.55. The first-order valence-corrected chi connectivity index (χ1v) is 8.63. The molecular weight excluding hydrogens is 256 g/mol. The summed E-state index contributed by atoms with van der Waals surface area (Å²) in [6, 6.07) is 9.94. The molecule has 3 rings (SSSR count). The molecule has 0 unspecified atom stereocenters. The second-order valence-corrected chi connectivity index (χ2v) is 7.14. The van der Waals surface area contributed by atoms with Gasteiger partial charge in [0.2, 0.25) is 0 Å². The molecule has 1 heterocycles. The van der Waals surface area contributed by atoms with E-state index in [9.17, 15) is 0 Å². The lowest BCUT2D eigenvalue weighted by atomic mass is 9.79. The Balaban J connectivity index is 1.59. The van der Waals surface area contributed by atoms with Gasteiger partial charge in [-0.2, -0.15) is 0 Å². The smallest absolute Gasteiger partial charge is 0.0402 e. The lowest BCUT2D eigenvalue weighted by Gasteiger charge is -2.37. The summed E-state index contributed by atoms with van der Waals surface area (Å²) in [6.45, 7) is 3.71. The van der Waals surface area contributed by atoms with Crippen molar-refractivity contribution < 1.29 is 0 Å². The van der Waals surface area contributed by atoms with Crippen LogP contribution in [0.25, 0.3) is 0 Å². The van der Waals surface area contributed by atoms with E-state index in [2.05, 4.69) is 48.2 Å². The van der Waals surface area contributed by atoms with Gasteiger partial charge in [0.1, 0.15) is 0 Å². The van der Waals surface area contributed by atoms with Gasteiger partial charge < -0.3 is 9.80 Å². The predicted octanol–water partition coefficient (Wildman–Crippen LogP) is 3.92. The Morgan fingerprint density at radius 3 is 2.57 bits per heavy atom. The van der Waals surface area contributed by atoms with E-state index in [1.54, 1.807) is 5.56 Å². The third-order valence-corrected chi connectivity index (χ3v) is 5.36. The highest BCUT2D eigenvalue weighted by Gasteiger charge is 2.26. The molecule has 0 spiro atoms. The number of anilines is 1. The lowest BCUT2D eigenvalue weighted by molar-refractivity contribution is 0.313. The van der Waals surface area contributed by atoms with Crippen LogP contribution in [-0.4, -0.2) is 38.6 Å². The molecule has 1 saturated heterocycles. The van der Waals surface area contributed by atoms with Crippen molar-refractivity contribution in [3.05, 3.63) is 29.8 Å². The van der Waals surface area contributed by atoms with Crippen LogP contribution in [0.1, 0.15) is 50.0 Å². The number of rotatable bonds is 5. The molecule has 0 atom stereocenters. The van der Waals surface area contributed by atoms with Crippen molar-refractivity contribution in [3.8, 4) is 0 Å². The van der Waals surface area contributed by atoms with Gasteiger partial charge in [-0.3, -0.25) is 0 Å². The molecule has 1 aliphatic heterocycles. The number of hydrogen-bond donors (Lipinski definition) is 0. The predicted molar refractivity (Wildman–Crippen MR) is 90.0 cm³/mol. The standard InChI is InChI=1S/C19H29N2/c1-20(2)13-10-16-11-14-21(15-12-16)19-9-4-3-8-18(19)17-6-5-7-17/h4,8-9,16-17H,5-7,10-15H2,1-2H3. The molecule has 0 amide bonds. The zero-order valence-corrected chi connectivity index (χ0v) is 13.6. The van der Waals surface area contributed by atoms with Gasteiger partial charge in [0.05, 0.1) is 0 Å². The molecule has 115 valence electrons. The maximum atomic E-state index is 3.30. The quantitative estimate of drug-likeness (QED) is 0.809. The van der Waals surface area contributed by atoms with E-state index in [4.69, 9.17) is 0 Å². The van der Waals surface area contributed by atoms with Crippen molar-refractivity contribution in [2.75, 3.05) is 38.6 Å². The molecule has 0 aromatic heterocycles. The maximum Gasteiger partial charge on any atom is 0.0402 e. The summed E-state index contributed by atoms with van der Waals surface area (Å²) in [6.07, 6.45) is 8.24. The van der Waals surface area contributed by atoms with Gasteiger partial charge in [0, 0.05) is 18.8 Å². The molecule has 1 aliphatic carbocycles. The van der Waals surface area contributed by atoms with Crippen LogP contribution in [0, 0.1) is 12.0 Å². The molecule has 0 bridgehead atoms. The van der Waals surface area contributed by atoms with Gasteiger partial charge in [0.25, 0.3) is 0 Å². The lowest BCUT2D eigenvalue weighted by Crippen LogP contribution is -2.35. The third kappa shape index (κ3) is 3.60. The van der Waals surface area contributed by atoms with Crippen molar-refractivity contribution in [1.29, 1.82) is 0 Å². The Bertz CT molecular complexity index is 443. The molecular formula is C19H29N2. The van der Waals surface area contributed by atoms with Crippen LogP contribution in [0.4, 0.5) is 5.69 Å². The molecule has 2 nitrogen and oxygen atoms in total.